The van der Waals surface area contributed by atoms with Gasteiger partial charge in [0.15, 0.2) is 0 Å². The van der Waals surface area contributed by atoms with Crippen LogP contribution in [0.25, 0.3) is 0 Å². The molecule has 1 amide bonds. The van der Waals surface area contributed by atoms with Crippen molar-refractivity contribution in [3.05, 3.63) is 56.4 Å². The zero-order valence-corrected chi connectivity index (χ0v) is 16.8. The van der Waals surface area contributed by atoms with Crippen LogP contribution in [0.2, 0.25) is 0 Å². The first-order valence-corrected chi connectivity index (χ1v) is 8.92. The average Bonchev–Trinajstić information content (AvgIpc) is 2.77. The van der Waals surface area contributed by atoms with E-state index in [4.69, 9.17) is 9.47 Å². The van der Waals surface area contributed by atoms with Gasteiger partial charge in [-0.05, 0) is 12.1 Å². The number of nitrogens with one attached hydrogen (secondary N) is 2. The van der Waals surface area contributed by atoms with E-state index in [-0.39, 0.29) is 22.9 Å². The number of anilines is 2. The van der Waals surface area contributed by atoms with Gasteiger partial charge in [0.25, 0.3) is 11.6 Å². The molecule has 0 atom stereocenters. The van der Waals surface area contributed by atoms with Gasteiger partial charge >= 0.3 is 5.69 Å². The molecule has 0 aliphatic rings. The number of aromatic nitrogens is 2. The second-order valence-corrected chi connectivity index (χ2v) is 6.01. The van der Waals surface area contributed by atoms with Crippen molar-refractivity contribution in [1.29, 1.82) is 0 Å². The van der Waals surface area contributed by atoms with Crippen molar-refractivity contribution in [2.24, 2.45) is 0 Å². The fourth-order valence-electron chi connectivity index (χ4n) is 2.51. The standard InChI is InChI=1S/C17H21N7O7/c1-30-9-7-22(8-10-31-2)16-14(24(28)29)15(18-11-19-16)20-21-17(25)12-3-5-13(6-4-12)23(26)27/h3-6,11H,7-10H2,1-2H3,(H,21,25)(H,18,19,20). The number of carbonyl (C=O) groups excluding carboxylic acids is 1. The van der Waals surface area contributed by atoms with E-state index >= 15 is 0 Å². The highest BCUT2D eigenvalue weighted by Crippen LogP contribution is 2.31. The third-order valence-corrected chi connectivity index (χ3v) is 4.05. The van der Waals surface area contributed by atoms with Gasteiger partial charge in [-0.2, -0.15) is 0 Å². The summed E-state index contributed by atoms with van der Waals surface area (Å²) >= 11 is 0. The molecule has 0 spiro atoms. The van der Waals surface area contributed by atoms with E-state index < -0.39 is 21.4 Å². The van der Waals surface area contributed by atoms with Gasteiger partial charge < -0.3 is 14.4 Å². The molecule has 14 nitrogen and oxygen atoms in total. The van der Waals surface area contributed by atoms with Crippen molar-refractivity contribution in [1.82, 2.24) is 15.4 Å². The largest absolute Gasteiger partial charge is 0.383 e. The number of non-ortho nitro benzene ring substituents is 1. The average molecular weight is 435 g/mol. The second-order valence-electron chi connectivity index (χ2n) is 6.01. The Morgan fingerprint density at radius 1 is 1.03 bits per heavy atom. The lowest BCUT2D eigenvalue weighted by Crippen LogP contribution is -2.33. The number of benzene rings is 1. The number of ether oxygens (including phenoxy) is 2. The van der Waals surface area contributed by atoms with Gasteiger partial charge in [0.1, 0.15) is 6.33 Å². The smallest absolute Gasteiger partial charge is 0.355 e. The molecular formula is C17H21N7O7. The second kappa shape index (κ2) is 11.3. The van der Waals surface area contributed by atoms with Crippen molar-refractivity contribution in [2.45, 2.75) is 0 Å². The summed E-state index contributed by atoms with van der Waals surface area (Å²) in [5.74, 6) is -0.869. The summed E-state index contributed by atoms with van der Waals surface area (Å²) in [4.78, 5) is 42.9. The Balaban J connectivity index is 2.23. The first kappa shape index (κ1) is 23.4. The van der Waals surface area contributed by atoms with Gasteiger partial charge in [-0.3, -0.25) is 35.9 Å². The fourth-order valence-corrected chi connectivity index (χ4v) is 2.51. The summed E-state index contributed by atoms with van der Waals surface area (Å²) < 4.78 is 10.1. The van der Waals surface area contributed by atoms with Crippen LogP contribution in [-0.4, -0.2) is 66.2 Å². The molecule has 1 aromatic heterocycles. The Bertz CT molecular complexity index is 916. The van der Waals surface area contributed by atoms with Gasteiger partial charge in [0.2, 0.25) is 11.6 Å². The van der Waals surface area contributed by atoms with Crippen molar-refractivity contribution in [3.8, 4) is 0 Å². The monoisotopic (exact) mass is 435 g/mol. The van der Waals surface area contributed by atoms with Crippen molar-refractivity contribution in [2.75, 3.05) is 50.8 Å². The van der Waals surface area contributed by atoms with Gasteiger partial charge in [-0.15, -0.1) is 0 Å². The quantitative estimate of drug-likeness (QED) is 0.361. The molecule has 2 aromatic rings. The van der Waals surface area contributed by atoms with E-state index in [0.29, 0.717) is 26.3 Å². The molecule has 0 aliphatic heterocycles. The summed E-state index contributed by atoms with van der Waals surface area (Å²) in [7, 11) is 3.01. The molecule has 2 N–H and O–H groups in total. The Hall–Kier alpha value is -3.91. The number of nitrogens with zero attached hydrogens (tertiary/aromatic N) is 5. The van der Waals surface area contributed by atoms with Crippen LogP contribution in [0.1, 0.15) is 10.4 Å². The van der Waals surface area contributed by atoms with Gasteiger partial charge in [0.05, 0.1) is 23.1 Å². The molecule has 0 saturated carbocycles. The van der Waals surface area contributed by atoms with E-state index in [2.05, 4.69) is 20.8 Å². The molecule has 31 heavy (non-hydrogen) atoms. The topological polar surface area (TPSA) is 175 Å². The van der Waals surface area contributed by atoms with Gasteiger partial charge in [-0.1, -0.05) is 0 Å². The third-order valence-electron chi connectivity index (χ3n) is 4.05. The molecular weight excluding hydrogens is 414 g/mol. The van der Waals surface area contributed by atoms with Crippen LogP contribution in [0.3, 0.4) is 0 Å². The van der Waals surface area contributed by atoms with Crippen LogP contribution in [0, 0.1) is 20.2 Å². The molecule has 0 radical (unpaired) electrons. The maximum atomic E-state index is 12.3. The molecule has 0 bridgehead atoms. The summed E-state index contributed by atoms with van der Waals surface area (Å²) in [6, 6.07) is 4.85. The number of nitro benzene ring substituents is 1. The van der Waals surface area contributed by atoms with Crippen molar-refractivity contribution < 1.29 is 24.1 Å². The number of carbonyl (C=O) groups is 1. The summed E-state index contributed by atoms with van der Waals surface area (Å²) in [5.41, 5.74) is 4.20. The number of hydrogen-bond donors (Lipinski definition) is 2. The van der Waals surface area contributed by atoms with Crippen molar-refractivity contribution >= 4 is 28.9 Å². The van der Waals surface area contributed by atoms with Gasteiger partial charge in [-0.25, -0.2) is 9.97 Å². The predicted octanol–water partition coefficient (Wildman–Crippen LogP) is 1.15. The number of methoxy groups -OCH3 is 2. The minimum atomic E-state index is -0.667. The first-order chi connectivity index (χ1) is 14.9. The lowest BCUT2D eigenvalue weighted by molar-refractivity contribution is -0.384. The molecule has 1 heterocycles. The number of amides is 1. The van der Waals surface area contributed by atoms with E-state index in [1.165, 1.54) is 38.5 Å². The SMILES string of the molecule is COCCN(CCOC)c1ncnc(NNC(=O)c2ccc([N+](=O)[O-])cc2)c1[N+](=O)[O-]. The molecule has 14 heteroatoms. The normalized spacial score (nSPS) is 10.4. The van der Waals surface area contributed by atoms with E-state index in [9.17, 15) is 25.0 Å². The minimum Gasteiger partial charge on any atom is -0.383 e. The van der Waals surface area contributed by atoms with Crippen LogP contribution in [0.5, 0.6) is 0 Å². The van der Waals surface area contributed by atoms with E-state index in [1.807, 2.05) is 0 Å². The lowest BCUT2D eigenvalue weighted by atomic mass is 10.2. The summed E-state index contributed by atoms with van der Waals surface area (Å²) in [5, 5.41) is 22.4. The third kappa shape index (κ3) is 6.28. The van der Waals surface area contributed by atoms with Crippen LogP contribution < -0.4 is 15.8 Å². The van der Waals surface area contributed by atoms with Crippen LogP contribution >= 0.6 is 0 Å². The molecule has 0 fully saturated rings. The van der Waals surface area contributed by atoms with E-state index in [1.54, 1.807) is 4.90 Å². The lowest BCUT2D eigenvalue weighted by Gasteiger charge is -2.23. The number of nitro groups is 2. The number of rotatable bonds is 12. The highest BCUT2D eigenvalue weighted by Gasteiger charge is 2.27. The zero-order chi connectivity index (χ0) is 22.8. The molecule has 1 aromatic carbocycles. The van der Waals surface area contributed by atoms with Crippen LogP contribution in [0.15, 0.2) is 30.6 Å². The summed E-state index contributed by atoms with van der Waals surface area (Å²) in [6.07, 6.45) is 1.12. The molecule has 0 unspecified atom stereocenters. The van der Waals surface area contributed by atoms with Crippen LogP contribution in [0.4, 0.5) is 23.0 Å². The Kier molecular flexibility index (Phi) is 8.53. The Labute approximate surface area is 176 Å². The number of hydrazine groups is 1. The highest BCUT2D eigenvalue weighted by molar-refractivity contribution is 5.95. The molecule has 166 valence electrons. The molecule has 0 aliphatic carbocycles. The molecule has 2 rings (SSSR count). The highest BCUT2D eigenvalue weighted by atomic mass is 16.6. The Morgan fingerprint density at radius 3 is 2.16 bits per heavy atom. The van der Waals surface area contributed by atoms with E-state index in [0.717, 1.165) is 6.33 Å². The minimum absolute atomic E-state index is 0.0289. The first-order valence-electron chi connectivity index (χ1n) is 8.92. The predicted molar refractivity (Wildman–Crippen MR) is 109 cm³/mol. The van der Waals surface area contributed by atoms with Crippen molar-refractivity contribution in [3.63, 3.8) is 0 Å². The maximum absolute atomic E-state index is 12.3. The zero-order valence-electron chi connectivity index (χ0n) is 16.8. The summed E-state index contributed by atoms with van der Waals surface area (Å²) in [6.45, 7) is 1.22. The van der Waals surface area contributed by atoms with Gasteiger partial charge in [0, 0.05) is 45.0 Å². The number of hydrogen-bond acceptors (Lipinski definition) is 11. The van der Waals surface area contributed by atoms with Crippen LogP contribution in [-0.2, 0) is 9.47 Å². The maximum Gasteiger partial charge on any atom is 0.355 e. The molecule has 0 saturated heterocycles. The fraction of sp³-hybridized carbons (Fsp3) is 0.353. The Morgan fingerprint density at radius 2 is 1.65 bits per heavy atom.